The van der Waals surface area contributed by atoms with Crippen LogP contribution in [0.15, 0.2) is 31.0 Å². The third-order valence-corrected chi connectivity index (χ3v) is 1.78. The first-order chi connectivity index (χ1) is 6.29. The molecule has 0 unspecified atom stereocenters. The number of imidazole rings is 1. The molecule has 2 aromatic heterocycles. The number of carbonyl (C=O) groups is 1. The van der Waals surface area contributed by atoms with Crippen LogP contribution in [0.2, 0.25) is 0 Å². The molecule has 2 heterocycles. The lowest BCUT2D eigenvalue weighted by atomic mass is 10.4. The van der Waals surface area contributed by atoms with E-state index in [1.54, 1.807) is 31.7 Å². The largest absolute Gasteiger partial charge is 0.281 e. The molecule has 5 nitrogen and oxygen atoms in total. The van der Waals surface area contributed by atoms with Gasteiger partial charge in [0.15, 0.2) is 0 Å². The van der Waals surface area contributed by atoms with Crippen LogP contribution in [0.1, 0.15) is 10.5 Å². The summed E-state index contributed by atoms with van der Waals surface area (Å²) in [5, 5.41) is 3.91. The highest BCUT2D eigenvalue weighted by Gasteiger charge is 2.10. The van der Waals surface area contributed by atoms with Crippen LogP contribution >= 0.6 is 0 Å². The van der Waals surface area contributed by atoms with Gasteiger partial charge in [0.1, 0.15) is 12.0 Å². The van der Waals surface area contributed by atoms with E-state index in [0.29, 0.717) is 5.69 Å². The van der Waals surface area contributed by atoms with Crippen molar-refractivity contribution in [2.45, 2.75) is 0 Å². The topological polar surface area (TPSA) is 52.7 Å². The molecule has 0 aliphatic heterocycles. The average Bonchev–Trinajstić information content (AvgIpc) is 2.72. The van der Waals surface area contributed by atoms with Crippen molar-refractivity contribution in [1.29, 1.82) is 0 Å². The summed E-state index contributed by atoms with van der Waals surface area (Å²) in [5.74, 6) is -0.127. The van der Waals surface area contributed by atoms with E-state index < -0.39 is 0 Å². The van der Waals surface area contributed by atoms with Crippen molar-refractivity contribution < 1.29 is 4.79 Å². The predicted octanol–water partition coefficient (Wildman–Crippen LogP) is 0.305. The minimum Gasteiger partial charge on any atom is -0.271 e. The number of carbonyl (C=O) groups excluding carboxylic acids is 1. The zero-order valence-electron chi connectivity index (χ0n) is 7.08. The van der Waals surface area contributed by atoms with Gasteiger partial charge in [0, 0.05) is 25.6 Å². The van der Waals surface area contributed by atoms with Gasteiger partial charge < -0.3 is 0 Å². The van der Waals surface area contributed by atoms with E-state index in [2.05, 4.69) is 10.1 Å². The molecule has 0 aliphatic rings. The second-order valence-corrected chi connectivity index (χ2v) is 2.62. The van der Waals surface area contributed by atoms with E-state index in [9.17, 15) is 4.79 Å². The maximum absolute atomic E-state index is 11.7. The summed E-state index contributed by atoms with van der Waals surface area (Å²) in [6, 6.07) is 1.67. The molecular weight excluding hydrogens is 168 g/mol. The van der Waals surface area contributed by atoms with Crippen LogP contribution in [-0.4, -0.2) is 25.2 Å². The summed E-state index contributed by atoms with van der Waals surface area (Å²) in [7, 11) is 1.73. The molecule has 0 radical (unpaired) electrons. The molecule has 5 heteroatoms. The summed E-state index contributed by atoms with van der Waals surface area (Å²) in [6.07, 6.45) is 6.23. The van der Waals surface area contributed by atoms with E-state index in [1.807, 2.05) is 0 Å². The number of aryl methyl sites for hydroxylation is 1. The molecule has 0 saturated heterocycles. The fourth-order valence-electron chi connectivity index (χ4n) is 1.10. The molecule has 0 amide bonds. The van der Waals surface area contributed by atoms with Gasteiger partial charge in [0.2, 0.25) is 0 Å². The Morgan fingerprint density at radius 1 is 1.46 bits per heavy atom. The Hall–Kier alpha value is -1.91. The smallest absolute Gasteiger partial charge is 0.271 e. The molecule has 0 N–H and O–H groups in total. The summed E-state index contributed by atoms with van der Waals surface area (Å²) < 4.78 is 2.94. The first kappa shape index (κ1) is 7.72. The van der Waals surface area contributed by atoms with Gasteiger partial charge in [-0.05, 0) is 6.07 Å². The van der Waals surface area contributed by atoms with E-state index in [0.717, 1.165) is 0 Å². The Morgan fingerprint density at radius 2 is 2.31 bits per heavy atom. The minimum atomic E-state index is -0.127. The molecular formula is C8H8N4O. The molecule has 0 fully saturated rings. The van der Waals surface area contributed by atoms with Crippen molar-refractivity contribution in [3.8, 4) is 0 Å². The standard InChI is InChI=1S/C8H8N4O/c1-11-7(2-3-10-11)8(13)12-5-4-9-6-12/h2-6H,1H3. The highest BCUT2D eigenvalue weighted by Crippen LogP contribution is 2.00. The monoisotopic (exact) mass is 176 g/mol. The second kappa shape index (κ2) is 2.85. The molecule has 0 atom stereocenters. The van der Waals surface area contributed by atoms with Crippen molar-refractivity contribution in [3.05, 3.63) is 36.7 Å². The summed E-state index contributed by atoms with van der Waals surface area (Å²) in [4.78, 5) is 15.4. The number of hydrogen-bond donors (Lipinski definition) is 0. The third kappa shape index (κ3) is 1.24. The second-order valence-electron chi connectivity index (χ2n) is 2.62. The molecule has 66 valence electrons. The van der Waals surface area contributed by atoms with Crippen LogP contribution in [0.5, 0.6) is 0 Å². The summed E-state index contributed by atoms with van der Waals surface area (Å²) >= 11 is 0. The minimum absolute atomic E-state index is 0.127. The van der Waals surface area contributed by atoms with Crippen LogP contribution in [0, 0.1) is 0 Å². The van der Waals surface area contributed by atoms with Gasteiger partial charge in [-0.25, -0.2) is 4.98 Å². The van der Waals surface area contributed by atoms with Crippen LogP contribution in [0.3, 0.4) is 0 Å². The fourth-order valence-corrected chi connectivity index (χ4v) is 1.10. The number of aromatic nitrogens is 4. The van der Waals surface area contributed by atoms with Gasteiger partial charge in [-0.1, -0.05) is 0 Å². The summed E-state index contributed by atoms with van der Waals surface area (Å²) in [5.41, 5.74) is 0.540. The Morgan fingerprint density at radius 3 is 2.85 bits per heavy atom. The van der Waals surface area contributed by atoms with E-state index in [4.69, 9.17) is 0 Å². The van der Waals surface area contributed by atoms with Gasteiger partial charge in [-0.3, -0.25) is 14.0 Å². The summed E-state index contributed by atoms with van der Waals surface area (Å²) in [6.45, 7) is 0. The fraction of sp³-hybridized carbons (Fsp3) is 0.125. The number of nitrogens with zero attached hydrogens (tertiary/aromatic N) is 4. The van der Waals surface area contributed by atoms with Gasteiger partial charge in [-0.15, -0.1) is 0 Å². The van der Waals surface area contributed by atoms with Crippen molar-refractivity contribution in [1.82, 2.24) is 19.3 Å². The third-order valence-electron chi connectivity index (χ3n) is 1.78. The molecule has 2 rings (SSSR count). The molecule has 13 heavy (non-hydrogen) atoms. The maximum atomic E-state index is 11.7. The van der Waals surface area contributed by atoms with Gasteiger partial charge >= 0.3 is 0 Å². The van der Waals surface area contributed by atoms with Crippen LogP contribution in [0.25, 0.3) is 0 Å². The first-order valence-electron chi connectivity index (χ1n) is 3.79. The quantitative estimate of drug-likeness (QED) is 0.628. The normalized spacial score (nSPS) is 10.2. The van der Waals surface area contributed by atoms with Gasteiger partial charge in [0.25, 0.3) is 5.91 Å². The SMILES string of the molecule is Cn1nccc1C(=O)n1ccnc1. The van der Waals surface area contributed by atoms with Crippen molar-refractivity contribution >= 4 is 5.91 Å². The molecule has 0 aromatic carbocycles. The zero-order chi connectivity index (χ0) is 9.26. The molecule has 2 aromatic rings. The van der Waals surface area contributed by atoms with Crippen LogP contribution in [0.4, 0.5) is 0 Å². The molecule has 0 saturated carbocycles. The van der Waals surface area contributed by atoms with Crippen molar-refractivity contribution in [2.24, 2.45) is 7.05 Å². The predicted molar refractivity (Wildman–Crippen MR) is 45.2 cm³/mol. The Balaban J connectivity index is 2.39. The Labute approximate surface area is 74.6 Å². The van der Waals surface area contributed by atoms with Crippen LogP contribution < -0.4 is 0 Å². The number of rotatable bonds is 1. The van der Waals surface area contributed by atoms with E-state index in [1.165, 1.54) is 15.6 Å². The van der Waals surface area contributed by atoms with Crippen LogP contribution in [-0.2, 0) is 7.05 Å². The first-order valence-corrected chi connectivity index (χ1v) is 3.79. The number of hydrogen-bond acceptors (Lipinski definition) is 3. The highest BCUT2D eigenvalue weighted by atomic mass is 16.2. The van der Waals surface area contributed by atoms with E-state index >= 15 is 0 Å². The maximum Gasteiger partial charge on any atom is 0.281 e. The van der Waals surface area contributed by atoms with E-state index in [-0.39, 0.29) is 5.91 Å². The van der Waals surface area contributed by atoms with Crippen molar-refractivity contribution in [2.75, 3.05) is 0 Å². The Bertz CT molecular complexity index is 415. The highest BCUT2D eigenvalue weighted by molar-refractivity contribution is 5.94. The lowest BCUT2D eigenvalue weighted by Crippen LogP contribution is -2.14. The molecule has 0 spiro atoms. The van der Waals surface area contributed by atoms with Gasteiger partial charge in [-0.2, -0.15) is 5.10 Å². The zero-order valence-corrected chi connectivity index (χ0v) is 7.08. The average molecular weight is 176 g/mol. The van der Waals surface area contributed by atoms with Gasteiger partial charge in [0.05, 0.1) is 0 Å². The lowest BCUT2D eigenvalue weighted by Gasteiger charge is -1.99. The Kier molecular flexibility index (Phi) is 1.70. The molecule has 0 aliphatic carbocycles. The van der Waals surface area contributed by atoms with Crippen molar-refractivity contribution in [3.63, 3.8) is 0 Å². The lowest BCUT2D eigenvalue weighted by molar-refractivity contribution is 0.0950. The molecule has 0 bridgehead atoms.